The van der Waals surface area contributed by atoms with Crippen molar-refractivity contribution in [2.24, 2.45) is 5.92 Å². The molecule has 2 aromatic rings. The number of carbonyl (C=O) groups is 4. The summed E-state index contributed by atoms with van der Waals surface area (Å²) in [5.74, 6) is -4.48. The van der Waals surface area contributed by atoms with Crippen molar-refractivity contribution < 1.29 is 43.2 Å². The smallest absolute Gasteiger partial charge is 0.303 e. The zero-order valence-electron chi connectivity index (χ0n) is 18.1. The van der Waals surface area contributed by atoms with E-state index in [9.17, 15) is 24.3 Å². The summed E-state index contributed by atoms with van der Waals surface area (Å²) in [6, 6.07) is 0. The average molecular weight is 519 g/mol. The number of carboxylic acids is 1. The average Bonchev–Trinajstić information content (AvgIpc) is 3.12. The van der Waals surface area contributed by atoms with Gasteiger partial charge in [-0.2, -0.15) is 4.98 Å². The molecule has 1 fully saturated rings. The largest absolute Gasteiger partial charge is 0.481 e. The Balaban J connectivity index is 2.16. The molecule has 0 amide bonds. The van der Waals surface area contributed by atoms with Crippen LogP contribution in [0.1, 0.15) is 33.4 Å². The molecule has 184 valence electrons. The Labute approximate surface area is 202 Å². The minimum absolute atomic E-state index is 0.0510. The summed E-state index contributed by atoms with van der Waals surface area (Å²) in [5, 5.41) is 9.30. The van der Waals surface area contributed by atoms with Gasteiger partial charge in [-0.1, -0.05) is 11.6 Å². The summed E-state index contributed by atoms with van der Waals surface area (Å²) in [6.45, 7) is 3.04. The van der Waals surface area contributed by atoms with Crippen molar-refractivity contribution in [2.75, 3.05) is 6.61 Å². The maximum Gasteiger partial charge on any atom is 0.303 e. The molecule has 2 aromatic heterocycles. The van der Waals surface area contributed by atoms with Crippen LogP contribution in [-0.4, -0.2) is 73.4 Å². The van der Waals surface area contributed by atoms with Gasteiger partial charge in [0.05, 0.1) is 18.7 Å². The number of halogens is 2. The van der Waals surface area contributed by atoms with E-state index < -0.39 is 60.8 Å². The van der Waals surface area contributed by atoms with Gasteiger partial charge in [0.15, 0.2) is 23.1 Å². The van der Waals surface area contributed by atoms with Crippen LogP contribution in [0.15, 0.2) is 6.33 Å². The molecule has 1 saturated heterocycles. The summed E-state index contributed by atoms with van der Waals surface area (Å²) in [4.78, 5) is 59.0. The highest BCUT2D eigenvalue weighted by Crippen LogP contribution is 2.40. The van der Waals surface area contributed by atoms with E-state index in [-0.39, 0.29) is 28.2 Å². The van der Waals surface area contributed by atoms with Gasteiger partial charge in [0.25, 0.3) is 0 Å². The molecule has 3 rings (SSSR count). The van der Waals surface area contributed by atoms with Gasteiger partial charge in [-0.3, -0.25) is 23.7 Å². The fourth-order valence-corrected chi connectivity index (χ4v) is 4.16. The molecule has 0 aromatic carbocycles. The minimum Gasteiger partial charge on any atom is -0.481 e. The molecule has 3 heterocycles. The van der Waals surface area contributed by atoms with Crippen LogP contribution in [0.25, 0.3) is 11.2 Å². The van der Waals surface area contributed by atoms with E-state index >= 15 is 0 Å². The SMILES string of the molecule is CC(=O)OC[C@@H]1O[C@H](n2cnc3c(Cl)nc(Cl)nc32)[C@H](OC(C)=O)[C@H](CC(=O)O)[C@H]1OC(C)=O. The minimum atomic E-state index is -1.28. The van der Waals surface area contributed by atoms with Gasteiger partial charge in [-0.25, -0.2) is 9.97 Å². The quantitative estimate of drug-likeness (QED) is 0.243. The van der Waals surface area contributed by atoms with Gasteiger partial charge in [-0.15, -0.1) is 0 Å². The highest BCUT2D eigenvalue weighted by atomic mass is 35.5. The van der Waals surface area contributed by atoms with Crippen molar-refractivity contribution in [3.8, 4) is 0 Å². The number of nitrogens with zero attached hydrogens (tertiary/aromatic N) is 4. The second kappa shape index (κ2) is 10.5. The van der Waals surface area contributed by atoms with Crippen LogP contribution in [0.2, 0.25) is 10.4 Å². The van der Waals surface area contributed by atoms with Gasteiger partial charge in [0.2, 0.25) is 5.28 Å². The second-order valence-electron chi connectivity index (χ2n) is 7.38. The Hall–Kier alpha value is -3.03. The van der Waals surface area contributed by atoms with Gasteiger partial charge < -0.3 is 24.1 Å². The first-order chi connectivity index (χ1) is 16.0. The van der Waals surface area contributed by atoms with E-state index in [0.29, 0.717) is 0 Å². The third kappa shape index (κ3) is 5.72. The molecule has 0 spiro atoms. The molecule has 0 aliphatic carbocycles. The lowest BCUT2D eigenvalue weighted by atomic mass is 9.85. The number of hydrogen-bond donors (Lipinski definition) is 1. The summed E-state index contributed by atoms with van der Waals surface area (Å²) in [6.07, 6.45) is -4.17. The summed E-state index contributed by atoms with van der Waals surface area (Å²) in [7, 11) is 0. The maximum atomic E-state index is 12.0. The molecule has 0 unspecified atom stereocenters. The first-order valence-corrected chi connectivity index (χ1v) is 10.6. The van der Waals surface area contributed by atoms with Crippen LogP contribution in [0, 0.1) is 5.92 Å². The lowest BCUT2D eigenvalue weighted by molar-refractivity contribution is -0.250. The van der Waals surface area contributed by atoms with Gasteiger partial charge >= 0.3 is 23.9 Å². The van der Waals surface area contributed by atoms with Crippen molar-refractivity contribution >= 4 is 58.2 Å². The van der Waals surface area contributed by atoms with E-state index in [1.165, 1.54) is 17.8 Å². The van der Waals surface area contributed by atoms with E-state index in [2.05, 4.69) is 15.0 Å². The molecule has 0 radical (unpaired) electrons. The van der Waals surface area contributed by atoms with Crippen LogP contribution in [0.3, 0.4) is 0 Å². The molecule has 15 heteroatoms. The fraction of sp³-hybridized carbons (Fsp3) is 0.526. The molecule has 5 atom stereocenters. The Morgan fingerprint density at radius 3 is 2.29 bits per heavy atom. The zero-order chi connectivity index (χ0) is 25.2. The second-order valence-corrected chi connectivity index (χ2v) is 8.08. The number of aliphatic carboxylic acids is 1. The number of fused-ring (bicyclic) bond motifs is 1. The summed E-state index contributed by atoms with van der Waals surface area (Å²) in [5.41, 5.74) is 0.267. The lowest BCUT2D eigenvalue weighted by Gasteiger charge is -2.45. The molecular formula is C19H20Cl2N4O9. The standard InChI is InChI=1S/C19H20Cl2N4O9/c1-7(26)31-5-11-14(32-8(2)27)10(4-12(29)30)15(33-9(3)28)18(34-11)25-6-22-13-16(20)23-19(21)24-17(13)25/h6,10-11,14-15,18H,4-5H2,1-3H3,(H,29,30)/t10-,11+,14-,15-,18+/m1/s1. The number of aromatic nitrogens is 4. The van der Waals surface area contributed by atoms with Crippen LogP contribution < -0.4 is 0 Å². The first kappa shape index (κ1) is 25.6. The molecule has 1 aliphatic rings. The Kier molecular flexibility index (Phi) is 7.89. The molecular weight excluding hydrogens is 499 g/mol. The highest BCUT2D eigenvalue weighted by Gasteiger charge is 2.51. The molecule has 34 heavy (non-hydrogen) atoms. The maximum absolute atomic E-state index is 12.0. The van der Waals surface area contributed by atoms with Gasteiger partial charge in [0, 0.05) is 20.8 Å². The third-order valence-corrected chi connectivity index (χ3v) is 5.33. The van der Waals surface area contributed by atoms with Crippen molar-refractivity contribution in [3.63, 3.8) is 0 Å². The predicted molar refractivity (Wildman–Crippen MR) is 113 cm³/mol. The van der Waals surface area contributed by atoms with E-state index in [4.69, 9.17) is 42.1 Å². The van der Waals surface area contributed by atoms with Crippen LogP contribution in [0.5, 0.6) is 0 Å². The zero-order valence-corrected chi connectivity index (χ0v) is 19.6. The van der Waals surface area contributed by atoms with Crippen LogP contribution >= 0.6 is 23.2 Å². The van der Waals surface area contributed by atoms with Crippen LogP contribution in [-0.2, 0) is 38.1 Å². The lowest BCUT2D eigenvalue weighted by Crippen LogP contribution is -2.56. The fourth-order valence-electron chi connectivity index (χ4n) is 3.74. The summed E-state index contributed by atoms with van der Waals surface area (Å²) >= 11 is 12.0. The van der Waals surface area contributed by atoms with Crippen molar-refractivity contribution in [1.82, 2.24) is 19.5 Å². The summed E-state index contributed by atoms with van der Waals surface area (Å²) < 4.78 is 23.2. The number of ether oxygens (including phenoxy) is 4. The first-order valence-electron chi connectivity index (χ1n) is 9.88. The normalized spacial score (nSPS) is 24.4. The number of imidazole rings is 1. The molecule has 0 bridgehead atoms. The van der Waals surface area contributed by atoms with Crippen molar-refractivity contribution in [1.29, 1.82) is 0 Å². The number of esters is 3. The van der Waals surface area contributed by atoms with E-state index in [1.807, 2.05) is 0 Å². The van der Waals surface area contributed by atoms with Crippen molar-refractivity contribution in [3.05, 3.63) is 16.8 Å². The van der Waals surface area contributed by atoms with Gasteiger partial charge in [0.1, 0.15) is 24.3 Å². The third-order valence-electron chi connectivity index (χ3n) is 4.90. The van der Waals surface area contributed by atoms with Gasteiger partial charge in [-0.05, 0) is 11.6 Å². The molecule has 1 N–H and O–H groups in total. The molecule has 1 aliphatic heterocycles. The number of hydrogen-bond acceptors (Lipinski definition) is 11. The number of carbonyl (C=O) groups excluding carboxylic acids is 3. The van der Waals surface area contributed by atoms with E-state index in [1.54, 1.807) is 0 Å². The monoisotopic (exact) mass is 518 g/mol. The Morgan fingerprint density at radius 1 is 1.06 bits per heavy atom. The van der Waals surface area contributed by atoms with Crippen LogP contribution in [0.4, 0.5) is 0 Å². The topological polar surface area (TPSA) is 169 Å². The molecule has 0 saturated carbocycles. The van der Waals surface area contributed by atoms with E-state index in [0.717, 1.165) is 13.8 Å². The number of rotatable bonds is 7. The highest BCUT2D eigenvalue weighted by molar-refractivity contribution is 6.35. The predicted octanol–water partition coefficient (Wildman–Crippen LogP) is 1.55. The van der Waals surface area contributed by atoms with Crippen molar-refractivity contribution in [2.45, 2.75) is 51.7 Å². The molecule has 13 nitrogen and oxygen atoms in total. The Morgan fingerprint density at radius 2 is 1.71 bits per heavy atom. The number of carboxylic acid groups (broad SMARTS) is 1. The Bertz CT molecular complexity index is 1120.